The number of nitrogens with zero attached hydrogens (tertiary/aromatic N) is 2. The molecule has 104 valence electrons. The van der Waals surface area contributed by atoms with Gasteiger partial charge in [0.2, 0.25) is 5.91 Å². The van der Waals surface area contributed by atoms with E-state index in [-0.39, 0.29) is 17.4 Å². The summed E-state index contributed by atoms with van der Waals surface area (Å²) in [5.41, 5.74) is 6.24. The molecule has 3 rings (SSSR count). The van der Waals surface area contributed by atoms with E-state index in [1.54, 1.807) is 0 Å². The molecular formula is C15H23N3O. The number of hydrogen-bond donors (Lipinski definition) is 1. The first-order valence-electron chi connectivity index (χ1n) is 7.54. The van der Waals surface area contributed by atoms with Crippen molar-refractivity contribution in [2.24, 2.45) is 17.1 Å². The highest BCUT2D eigenvalue weighted by Gasteiger charge is 2.56. The first-order chi connectivity index (χ1) is 9.07. The van der Waals surface area contributed by atoms with E-state index in [2.05, 4.69) is 13.0 Å². The summed E-state index contributed by atoms with van der Waals surface area (Å²) < 4.78 is 0. The number of carbonyl (C=O) groups excluding carboxylic acids is 1. The number of amides is 1. The molecule has 0 bridgehead atoms. The van der Waals surface area contributed by atoms with Crippen molar-refractivity contribution in [3.63, 3.8) is 0 Å². The van der Waals surface area contributed by atoms with Crippen LogP contribution < -0.4 is 5.73 Å². The zero-order chi connectivity index (χ0) is 13.6. The van der Waals surface area contributed by atoms with Crippen LogP contribution in [0.1, 0.15) is 51.9 Å². The summed E-state index contributed by atoms with van der Waals surface area (Å²) >= 11 is 0. The molecule has 1 heterocycles. The lowest BCUT2D eigenvalue weighted by molar-refractivity contribution is -0.137. The first-order valence-corrected chi connectivity index (χ1v) is 7.54. The second-order valence-electron chi connectivity index (χ2n) is 6.88. The molecule has 19 heavy (non-hydrogen) atoms. The molecule has 3 fully saturated rings. The third-order valence-electron chi connectivity index (χ3n) is 5.52. The van der Waals surface area contributed by atoms with Gasteiger partial charge in [-0.15, -0.1) is 0 Å². The predicted molar refractivity (Wildman–Crippen MR) is 71.9 cm³/mol. The molecule has 3 aliphatic rings. The molecule has 1 saturated heterocycles. The first kappa shape index (κ1) is 12.9. The van der Waals surface area contributed by atoms with Crippen LogP contribution in [0.25, 0.3) is 0 Å². The van der Waals surface area contributed by atoms with Crippen molar-refractivity contribution >= 4 is 5.91 Å². The fraction of sp³-hybridized carbons (Fsp3) is 0.867. The lowest BCUT2D eigenvalue weighted by atomic mass is 9.70. The Kier molecular flexibility index (Phi) is 3.05. The van der Waals surface area contributed by atoms with E-state index in [0.717, 1.165) is 25.7 Å². The summed E-state index contributed by atoms with van der Waals surface area (Å²) in [4.78, 5) is 14.5. The maximum Gasteiger partial charge on any atom is 0.241 e. The number of nitriles is 1. The standard InChI is InChI=1S/C15H23N3O/c1-15(5-3-2-4-6-15)13(17)14(19)18-11(9-16)7-10-8-12(10)18/h10-13H,2-8,17H2,1H3/t10-,11?,12?,13?/m1/s1. The van der Waals surface area contributed by atoms with Crippen LogP contribution in [0, 0.1) is 22.7 Å². The third kappa shape index (κ3) is 2.04. The van der Waals surface area contributed by atoms with Crippen LogP contribution in [0.2, 0.25) is 0 Å². The van der Waals surface area contributed by atoms with Crippen LogP contribution in [-0.2, 0) is 4.79 Å². The van der Waals surface area contributed by atoms with E-state index >= 15 is 0 Å². The molecule has 3 unspecified atom stereocenters. The van der Waals surface area contributed by atoms with Crippen LogP contribution in [0.5, 0.6) is 0 Å². The van der Waals surface area contributed by atoms with Crippen molar-refractivity contribution in [3.8, 4) is 6.07 Å². The average molecular weight is 261 g/mol. The van der Waals surface area contributed by atoms with Crippen molar-refractivity contribution < 1.29 is 4.79 Å². The van der Waals surface area contributed by atoms with Gasteiger partial charge in [0.05, 0.1) is 12.1 Å². The normalized spacial score (nSPS) is 37.3. The zero-order valence-electron chi connectivity index (χ0n) is 11.6. The fourth-order valence-electron chi connectivity index (χ4n) is 4.02. The number of nitrogens with two attached hydrogens (primary N) is 1. The SMILES string of the molecule is CC1(C(N)C(=O)N2C(C#N)C[C@@H]3CC32)CCCCC1. The summed E-state index contributed by atoms with van der Waals surface area (Å²) in [6, 6.07) is 1.94. The van der Waals surface area contributed by atoms with Crippen molar-refractivity contribution in [1.82, 2.24) is 4.90 Å². The summed E-state index contributed by atoms with van der Waals surface area (Å²) in [6.45, 7) is 2.15. The number of fused-ring (bicyclic) bond motifs is 1. The molecule has 4 heteroatoms. The number of rotatable bonds is 2. The molecule has 2 N–H and O–H groups in total. The largest absolute Gasteiger partial charge is 0.322 e. The molecule has 0 aromatic heterocycles. The minimum Gasteiger partial charge on any atom is -0.322 e. The predicted octanol–water partition coefficient (Wildman–Crippen LogP) is 1.80. The second-order valence-corrected chi connectivity index (χ2v) is 6.88. The highest BCUT2D eigenvalue weighted by atomic mass is 16.2. The molecule has 0 spiro atoms. The molecule has 2 saturated carbocycles. The highest BCUT2D eigenvalue weighted by molar-refractivity contribution is 5.84. The number of likely N-dealkylation sites (tertiary alicyclic amines) is 1. The van der Waals surface area contributed by atoms with Crippen LogP contribution >= 0.6 is 0 Å². The molecule has 1 amide bonds. The van der Waals surface area contributed by atoms with Crippen molar-refractivity contribution in [2.45, 2.75) is 70.0 Å². The van der Waals surface area contributed by atoms with Gasteiger partial charge in [0.15, 0.2) is 0 Å². The van der Waals surface area contributed by atoms with Gasteiger partial charge in [-0.2, -0.15) is 5.26 Å². The molecule has 2 aliphatic carbocycles. The van der Waals surface area contributed by atoms with E-state index in [1.807, 2.05) is 4.90 Å². The smallest absolute Gasteiger partial charge is 0.241 e. The van der Waals surface area contributed by atoms with E-state index in [1.165, 1.54) is 19.3 Å². The second kappa shape index (κ2) is 4.49. The average Bonchev–Trinajstić information content (AvgIpc) is 3.09. The Hall–Kier alpha value is -1.08. The lowest BCUT2D eigenvalue weighted by Crippen LogP contribution is -2.54. The van der Waals surface area contributed by atoms with Crippen LogP contribution in [0.4, 0.5) is 0 Å². The topological polar surface area (TPSA) is 70.1 Å². The van der Waals surface area contributed by atoms with E-state index in [4.69, 9.17) is 5.73 Å². The molecule has 0 radical (unpaired) electrons. The van der Waals surface area contributed by atoms with Crippen molar-refractivity contribution in [3.05, 3.63) is 0 Å². The monoisotopic (exact) mass is 261 g/mol. The van der Waals surface area contributed by atoms with Gasteiger partial charge in [-0.3, -0.25) is 4.79 Å². The van der Waals surface area contributed by atoms with E-state index in [9.17, 15) is 10.1 Å². The van der Waals surface area contributed by atoms with Gasteiger partial charge in [0.1, 0.15) is 6.04 Å². The summed E-state index contributed by atoms with van der Waals surface area (Å²) in [5, 5.41) is 9.20. The molecule has 4 atom stereocenters. The Morgan fingerprint density at radius 2 is 2.05 bits per heavy atom. The van der Waals surface area contributed by atoms with Crippen molar-refractivity contribution in [1.29, 1.82) is 5.26 Å². The Labute approximate surface area is 114 Å². The fourth-order valence-corrected chi connectivity index (χ4v) is 4.02. The van der Waals surface area contributed by atoms with Crippen LogP contribution in [0.3, 0.4) is 0 Å². The number of piperidine rings is 1. The van der Waals surface area contributed by atoms with Gasteiger partial charge < -0.3 is 10.6 Å². The Bertz CT molecular complexity index is 422. The Balaban J connectivity index is 1.74. The van der Waals surface area contributed by atoms with Gasteiger partial charge in [-0.05, 0) is 37.0 Å². The summed E-state index contributed by atoms with van der Waals surface area (Å²) in [6.07, 6.45) is 7.62. The quantitative estimate of drug-likeness (QED) is 0.824. The van der Waals surface area contributed by atoms with E-state index < -0.39 is 6.04 Å². The van der Waals surface area contributed by atoms with Gasteiger partial charge in [-0.25, -0.2) is 0 Å². The summed E-state index contributed by atoms with van der Waals surface area (Å²) in [7, 11) is 0. The van der Waals surface area contributed by atoms with Crippen LogP contribution in [-0.4, -0.2) is 28.9 Å². The zero-order valence-corrected chi connectivity index (χ0v) is 11.6. The minimum absolute atomic E-state index is 0.0287. The molecule has 0 aromatic rings. The van der Waals surface area contributed by atoms with Gasteiger partial charge in [-0.1, -0.05) is 26.2 Å². The van der Waals surface area contributed by atoms with E-state index in [0.29, 0.717) is 12.0 Å². The number of hydrogen-bond acceptors (Lipinski definition) is 3. The highest BCUT2D eigenvalue weighted by Crippen LogP contribution is 2.49. The van der Waals surface area contributed by atoms with Gasteiger partial charge in [0, 0.05) is 6.04 Å². The maximum absolute atomic E-state index is 12.7. The molecule has 4 nitrogen and oxygen atoms in total. The number of carbonyl (C=O) groups is 1. The minimum atomic E-state index is -0.428. The van der Waals surface area contributed by atoms with Gasteiger partial charge in [0.25, 0.3) is 0 Å². The Morgan fingerprint density at radius 3 is 2.68 bits per heavy atom. The third-order valence-corrected chi connectivity index (χ3v) is 5.52. The Morgan fingerprint density at radius 1 is 1.37 bits per heavy atom. The maximum atomic E-state index is 12.7. The molecule has 1 aliphatic heterocycles. The van der Waals surface area contributed by atoms with Crippen LogP contribution in [0.15, 0.2) is 0 Å². The summed E-state index contributed by atoms with van der Waals surface area (Å²) in [5.74, 6) is 0.598. The van der Waals surface area contributed by atoms with Gasteiger partial charge >= 0.3 is 0 Å². The lowest BCUT2D eigenvalue weighted by Gasteiger charge is -2.40. The van der Waals surface area contributed by atoms with Crippen molar-refractivity contribution in [2.75, 3.05) is 0 Å². The molecular weight excluding hydrogens is 238 g/mol. The molecule has 0 aromatic carbocycles.